The monoisotopic (exact) mass is 648 g/mol. The van der Waals surface area contributed by atoms with Crippen molar-refractivity contribution in [1.82, 2.24) is 0 Å². The van der Waals surface area contributed by atoms with Gasteiger partial charge in [0.1, 0.15) is 18.3 Å². The molecule has 5 aliphatic carbocycles. The molecule has 1 saturated heterocycles. The van der Waals surface area contributed by atoms with Crippen LogP contribution >= 0.6 is 0 Å². The quantitative estimate of drug-likeness (QED) is 0.188. The van der Waals surface area contributed by atoms with E-state index in [2.05, 4.69) is 40.7 Å². The Kier molecular flexibility index (Phi) is 8.18. The van der Waals surface area contributed by atoms with Gasteiger partial charge in [0, 0.05) is 5.41 Å². The van der Waals surface area contributed by atoms with Crippen molar-refractivity contribution in [3.05, 3.63) is 11.6 Å². The molecule has 0 radical (unpaired) electrons. The maximum atomic E-state index is 12.9. The van der Waals surface area contributed by atoms with Gasteiger partial charge in [0.05, 0.1) is 18.1 Å². The number of carboxylic acids is 2. The van der Waals surface area contributed by atoms with Gasteiger partial charge < -0.3 is 40.1 Å². The zero-order valence-corrected chi connectivity index (χ0v) is 28.4. The van der Waals surface area contributed by atoms with Gasteiger partial charge in [-0.1, -0.05) is 53.2 Å². The van der Waals surface area contributed by atoms with Gasteiger partial charge in [-0.15, -0.1) is 0 Å². The molecule has 1 aliphatic heterocycles. The summed E-state index contributed by atoms with van der Waals surface area (Å²) in [4.78, 5) is 24.7. The predicted molar refractivity (Wildman–Crippen MR) is 167 cm³/mol. The van der Waals surface area contributed by atoms with Gasteiger partial charge in [-0.25, -0.2) is 4.79 Å². The number of hydrogen-bond donors (Lipinski definition) is 6. The topological polar surface area (TPSA) is 174 Å². The first-order valence-corrected chi connectivity index (χ1v) is 17.4. The normalized spacial score (nSPS) is 53.1. The van der Waals surface area contributed by atoms with E-state index in [-0.39, 0.29) is 40.1 Å². The number of ether oxygens (including phenoxy) is 2. The summed E-state index contributed by atoms with van der Waals surface area (Å²) >= 11 is 0. The molecular formula is C36H56O10. The molecule has 10 nitrogen and oxygen atoms in total. The van der Waals surface area contributed by atoms with Crippen molar-refractivity contribution in [2.45, 2.75) is 143 Å². The summed E-state index contributed by atoms with van der Waals surface area (Å²) in [6.07, 6.45) is 1.53. The highest BCUT2D eigenvalue weighted by atomic mass is 16.7. The zero-order chi connectivity index (χ0) is 33.8. The predicted octanol–water partition coefficient (Wildman–Crippen LogP) is 4.12. The molecule has 6 aliphatic rings. The average Bonchev–Trinajstić information content (AvgIpc) is 2.98. The lowest BCUT2D eigenvalue weighted by molar-refractivity contribution is -0.327. The van der Waals surface area contributed by atoms with Crippen molar-refractivity contribution >= 4 is 11.9 Å². The lowest BCUT2D eigenvalue weighted by Gasteiger charge is -2.71. The van der Waals surface area contributed by atoms with Gasteiger partial charge in [0.15, 0.2) is 12.4 Å². The van der Waals surface area contributed by atoms with Gasteiger partial charge in [0.2, 0.25) is 0 Å². The number of aliphatic hydroxyl groups excluding tert-OH is 4. The van der Waals surface area contributed by atoms with Crippen LogP contribution in [0, 0.1) is 50.2 Å². The molecule has 6 N–H and O–H groups in total. The van der Waals surface area contributed by atoms with Crippen LogP contribution in [0.2, 0.25) is 0 Å². The first-order valence-electron chi connectivity index (χ1n) is 17.4. The summed E-state index contributed by atoms with van der Waals surface area (Å²) in [5.41, 5.74) is -0.309. The van der Waals surface area contributed by atoms with Gasteiger partial charge in [-0.3, -0.25) is 4.79 Å². The second-order valence-electron chi connectivity index (χ2n) is 17.7. The molecule has 260 valence electrons. The number of allylic oxidation sites excluding steroid dienone is 2. The number of carbonyl (C=O) groups is 2. The Bertz CT molecular complexity index is 1280. The highest BCUT2D eigenvalue weighted by Gasteiger charge is 2.70. The van der Waals surface area contributed by atoms with Crippen molar-refractivity contribution in [2.24, 2.45) is 50.2 Å². The molecule has 5 fully saturated rings. The largest absolute Gasteiger partial charge is 0.481 e. The number of hydrogen-bond acceptors (Lipinski definition) is 8. The van der Waals surface area contributed by atoms with Gasteiger partial charge in [-0.05, 0) is 104 Å². The molecule has 0 spiro atoms. The van der Waals surface area contributed by atoms with E-state index in [1.54, 1.807) is 0 Å². The first kappa shape index (κ1) is 34.3. The molecule has 1 heterocycles. The fourth-order valence-electron chi connectivity index (χ4n) is 12.2. The van der Waals surface area contributed by atoms with Crippen molar-refractivity contribution in [3.63, 3.8) is 0 Å². The molecule has 0 amide bonds. The molecule has 0 bridgehead atoms. The Labute approximate surface area is 272 Å². The fraction of sp³-hybridized carbons (Fsp3) is 0.889. The standard InChI is InChI=1S/C36H56O10/c1-31(2)13-15-36(30(43)44)16-14-34(5)19(20(36)17-31)7-8-22-32(3)11-10-23(33(4,18-37)21(32)9-12-35(22,34)6)45-29-26(40)24(38)25(39)27(46-29)28(41)42/h7,20-27,29,37-40H,8-18H2,1-6H3,(H,41,42)(H,43,44)/t20-,21+,22-,23+,24+,25+,26-,27+,29-,32+,33-,34-,35-,36+/m1/s1. The Morgan fingerprint density at radius 2 is 1.54 bits per heavy atom. The molecule has 46 heavy (non-hydrogen) atoms. The minimum absolute atomic E-state index is 0.0352. The molecule has 10 heteroatoms. The fourth-order valence-corrected chi connectivity index (χ4v) is 12.2. The zero-order valence-electron chi connectivity index (χ0n) is 28.4. The van der Waals surface area contributed by atoms with Crippen LogP contribution in [0.25, 0.3) is 0 Å². The van der Waals surface area contributed by atoms with E-state index >= 15 is 0 Å². The summed E-state index contributed by atoms with van der Waals surface area (Å²) < 4.78 is 11.8. The van der Waals surface area contributed by atoms with Crippen LogP contribution in [0.1, 0.15) is 106 Å². The Hall–Kier alpha value is -1.56. The number of carboxylic acid groups (broad SMARTS) is 2. The minimum Gasteiger partial charge on any atom is -0.481 e. The van der Waals surface area contributed by atoms with E-state index in [1.807, 2.05) is 6.92 Å². The van der Waals surface area contributed by atoms with E-state index < -0.39 is 59.6 Å². The van der Waals surface area contributed by atoms with Crippen LogP contribution in [0.4, 0.5) is 0 Å². The molecule has 0 aromatic carbocycles. The number of rotatable bonds is 5. The van der Waals surface area contributed by atoms with E-state index in [9.17, 15) is 40.2 Å². The van der Waals surface area contributed by atoms with Crippen molar-refractivity contribution < 1.29 is 49.7 Å². The van der Waals surface area contributed by atoms with Crippen LogP contribution in [-0.4, -0.2) is 86.0 Å². The van der Waals surface area contributed by atoms with E-state index in [1.165, 1.54) is 5.57 Å². The van der Waals surface area contributed by atoms with Crippen molar-refractivity contribution in [1.29, 1.82) is 0 Å². The molecule has 0 aromatic heterocycles. The van der Waals surface area contributed by atoms with E-state index in [0.717, 1.165) is 51.4 Å². The van der Waals surface area contributed by atoms with Gasteiger partial charge in [0.25, 0.3) is 0 Å². The van der Waals surface area contributed by atoms with Crippen LogP contribution in [0.5, 0.6) is 0 Å². The molecule has 0 aromatic rings. The molecule has 14 atom stereocenters. The van der Waals surface area contributed by atoms with E-state index in [0.29, 0.717) is 18.8 Å². The highest BCUT2D eigenvalue weighted by molar-refractivity contribution is 5.76. The van der Waals surface area contributed by atoms with Crippen LogP contribution in [0.3, 0.4) is 0 Å². The van der Waals surface area contributed by atoms with Crippen molar-refractivity contribution in [3.8, 4) is 0 Å². The van der Waals surface area contributed by atoms with Crippen LogP contribution in [-0.2, 0) is 19.1 Å². The summed E-state index contributed by atoms with van der Waals surface area (Å²) in [6.45, 7) is 13.6. The Morgan fingerprint density at radius 1 is 0.870 bits per heavy atom. The molecular weight excluding hydrogens is 592 g/mol. The third-order valence-corrected chi connectivity index (χ3v) is 15.3. The number of fused-ring (bicyclic) bond motifs is 7. The van der Waals surface area contributed by atoms with Gasteiger partial charge in [-0.2, -0.15) is 0 Å². The Balaban J connectivity index is 1.31. The lowest BCUT2D eigenvalue weighted by atomic mass is 9.33. The van der Waals surface area contributed by atoms with Crippen molar-refractivity contribution in [2.75, 3.05) is 6.61 Å². The minimum atomic E-state index is -1.80. The third kappa shape index (κ3) is 4.56. The molecule has 4 saturated carbocycles. The summed E-state index contributed by atoms with van der Waals surface area (Å²) in [5, 5.41) is 62.4. The second-order valence-corrected chi connectivity index (χ2v) is 17.7. The molecule has 0 unspecified atom stereocenters. The summed E-state index contributed by atoms with van der Waals surface area (Å²) in [7, 11) is 0. The third-order valence-electron chi connectivity index (χ3n) is 15.3. The SMILES string of the molecule is CC1(C)CC[C@]2(C(=O)O)CC[C@]3(C)C(=CC[C@@H]4[C@@]5(C)CC[C@H](O[C@@H]6O[C@H](C(=O)O)[C@@H](O)[C@H](O)[C@H]6O)[C@](C)(CO)[C@H]5CC[C@]43C)[C@H]2C1. The number of aliphatic hydroxyl groups is 4. The molecule has 6 rings (SSSR count). The average molecular weight is 649 g/mol. The number of aliphatic carboxylic acids is 2. The highest BCUT2D eigenvalue weighted by Crippen LogP contribution is 2.76. The summed E-state index contributed by atoms with van der Waals surface area (Å²) in [5.74, 6) is -1.70. The van der Waals surface area contributed by atoms with E-state index in [4.69, 9.17) is 9.47 Å². The maximum Gasteiger partial charge on any atom is 0.335 e. The van der Waals surface area contributed by atoms with Gasteiger partial charge >= 0.3 is 11.9 Å². The second kappa shape index (κ2) is 11.0. The first-order chi connectivity index (χ1) is 21.3. The maximum absolute atomic E-state index is 12.9. The summed E-state index contributed by atoms with van der Waals surface area (Å²) in [6, 6.07) is 0. The smallest absolute Gasteiger partial charge is 0.335 e. The van der Waals surface area contributed by atoms with Crippen LogP contribution < -0.4 is 0 Å². The van der Waals surface area contributed by atoms with Crippen LogP contribution in [0.15, 0.2) is 11.6 Å². The Morgan fingerprint density at radius 3 is 2.17 bits per heavy atom. The lowest BCUT2D eigenvalue weighted by Crippen LogP contribution is -2.67.